The number of fused-ring (bicyclic) bond motifs is 4. The van der Waals surface area contributed by atoms with Crippen LogP contribution in [-0.4, -0.2) is 23.3 Å². The fourth-order valence-corrected chi connectivity index (χ4v) is 3.98. The highest BCUT2D eigenvalue weighted by molar-refractivity contribution is 6.16. The Balaban J connectivity index is 1.81. The van der Waals surface area contributed by atoms with Crippen molar-refractivity contribution in [2.45, 2.75) is 37.9 Å². The highest BCUT2D eigenvalue weighted by Crippen LogP contribution is 2.57. The predicted octanol–water partition coefficient (Wildman–Crippen LogP) is 2.64. The van der Waals surface area contributed by atoms with Crippen molar-refractivity contribution in [2.24, 2.45) is 11.8 Å². The molecule has 1 aromatic carbocycles. The molecular formula is C16H16O3. The number of carbonyl (C=O) groups excluding carboxylic acids is 2. The highest BCUT2D eigenvalue weighted by Gasteiger charge is 2.66. The normalized spacial score (nSPS) is 39.3. The van der Waals surface area contributed by atoms with Crippen molar-refractivity contribution in [2.75, 3.05) is 0 Å². The number of ketones is 2. The Morgan fingerprint density at radius 2 is 1.89 bits per heavy atom. The van der Waals surface area contributed by atoms with Crippen molar-refractivity contribution < 1.29 is 14.3 Å². The third-order valence-corrected chi connectivity index (χ3v) is 5.16. The Kier molecular flexibility index (Phi) is 2.12. The molecule has 4 unspecified atom stereocenters. The Bertz CT molecular complexity index is 591. The van der Waals surface area contributed by atoms with Gasteiger partial charge < -0.3 is 4.74 Å². The quantitative estimate of drug-likeness (QED) is 0.726. The number of rotatable bonds is 1. The number of hydrogen-bond donors (Lipinski definition) is 0. The third kappa shape index (κ3) is 1.31. The van der Waals surface area contributed by atoms with Gasteiger partial charge in [0.2, 0.25) is 0 Å². The third-order valence-electron chi connectivity index (χ3n) is 5.16. The van der Waals surface area contributed by atoms with E-state index in [-0.39, 0.29) is 35.1 Å². The Morgan fingerprint density at radius 1 is 1.21 bits per heavy atom. The summed E-state index contributed by atoms with van der Waals surface area (Å²) in [5.41, 5.74) is 1.10. The van der Waals surface area contributed by atoms with E-state index in [9.17, 15) is 9.59 Å². The van der Waals surface area contributed by atoms with Crippen LogP contribution in [0.1, 0.15) is 46.9 Å². The second kappa shape index (κ2) is 3.54. The van der Waals surface area contributed by atoms with E-state index in [1.165, 1.54) is 0 Å². The zero-order valence-electron chi connectivity index (χ0n) is 10.9. The maximum absolute atomic E-state index is 12.7. The molecule has 2 aliphatic carbocycles. The fourth-order valence-electron chi connectivity index (χ4n) is 3.98. The van der Waals surface area contributed by atoms with Crippen molar-refractivity contribution in [3.05, 3.63) is 35.4 Å². The Morgan fingerprint density at radius 3 is 2.58 bits per heavy atom. The average molecular weight is 256 g/mol. The van der Waals surface area contributed by atoms with Crippen LogP contribution in [0.15, 0.2) is 24.3 Å². The van der Waals surface area contributed by atoms with Crippen LogP contribution < -0.4 is 0 Å². The molecule has 4 rings (SSSR count). The van der Waals surface area contributed by atoms with E-state index >= 15 is 0 Å². The van der Waals surface area contributed by atoms with Gasteiger partial charge in [-0.05, 0) is 19.3 Å². The summed E-state index contributed by atoms with van der Waals surface area (Å²) < 4.78 is 5.84. The van der Waals surface area contributed by atoms with Crippen molar-refractivity contribution in [1.82, 2.24) is 0 Å². The lowest BCUT2D eigenvalue weighted by Gasteiger charge is -2.34. The van der Waals surface area contributed by atoms with Crippen LogP contribution in [-0.2, 0) is 4.74 Å². The van der Waals surface area contributed by atoms with Crippen molar-refractivity contribution >= 4 is 11.6 Å². The van der Waals surface area contributed by atoms with Gasteiger partial charge in [0, 0.05) is 17.0 Å². The first kappa shape index (κ1) is 11.4. The monoisotopic (exact) mass is 256 g/mol. The van der Waals surface area contributed by atoms with Gasteiger partial charge in [0.15, 0.2) is 11.6 Å². The predicted molar refractivity (Wildman–Crippen MR) is 69.2 cm³/mol. The molecule has 2 fully saturated rings. The fraction of sp³-hybridized carbons (Fsp3) is 0.500. The summed E-state index contributed by atoms with van der Waals surface area (Å²) >= 11 is 0. The second-order valence-corrected chi connectivity index (χ2v) is 5.90. The van der Waals surface area contributed by atoms with Crippen LogP contribution in [0, 0.1) is 11.8 Å². The van der Waals surface area contributed by atoms with Crippen LogP contribution >= 0.6 is 0 Å². The summed E-state index contributed by atoms with van der Waals surface area (Å²) in [6, 6.07) is 7.21. The van der Waals surface area contributed by atoms with Gasteiger partial charge in [-0.15, -0.1) is 0 Å². The summed E-state index contributed by atoms with van der Waals surface area (Å²) in [6.07, 6.45) is 2.61. The molecule has 0 amide bonds. The minimum absolute atomic E-state index is 0.0268. The summed E-state index contributed by atoms with van der Waals surface area (Å²) in [5.74, 6) is -0.147. The van der Waals surface area contributed by atoms with Crippen LogP contribution in [0.5, 0.6) is 0 Å². The first-order valence-electron chi connectivity index (χ1n) is 7.03. The molecule has 4 atom stereocenters. The van der Waals surface area contributed by atoms with Crippen molar-refractivity contribution in [3.63, 3.8) is 0 Å². The molecule has 3 heteroatoms. The van der Waals surface area contributed by atoms with E-state index in [4.69, 9.17) is 4.74 Å². The number of ether oxygens (including phenoxy) is 1. The Hall–Kier alpha value is -1.48. The average Bonchev–Trinajstić information content (AvgIpc) is 3.19. The first-order chi connectivity index (χ1) is 9.18. The first-order valence-corrected chi connectivity index (χ1v) is 7.03. The van der Waals surface area contributed by atoms with Gasteiger partial charge in [0.1, 0.15) is 0 Å². The second-order valence-electron chi connectivity index (χ2n) is 5.90. The van der Waals surface area contributed by atoms with Gasteiger partial charge in [0.05, 0.1) is 17.6 Å². The molecule has 19 heavy (non-hydrogen) atoms. The molecule has 1 aromatic rings. The van der Waals surface area contributed by atoms with Crippen molar-refractivity contribution in [1.29, 1.82) is 0 Å². The summed E-state index contributed by atoms with van der Waals surface area (Å²) in [6.45, 7) is 2.10. The van der Waals surface area contributed by atoms with Gasteiger partial charge in [0.25, 0.3) is 0 Å². The van der Waals surface area contributed by atoms with E-state index in [0.29, 0.717) is 11.1 Å². The SMILES string of the molecule is CCC12CCC3C(=O)c4ccccc4C(=O)C3C1O2. The highest BCUT2D eigenvalue weighted by atomic mass is 16.6. The summed E-state index contributed by atoms with van der Waals surface area (Å²) in [5, 5.41) is 0. The maximum atomic E-state index is 12.7. The minimum atomic E-state index is -0.240. The molecule has 3 nitrogen and oxygen atoms in total. The number of Topliss-reactive ketones (excluding diaryl/α,β-unsaturated/α-hetero) is 2. The molecule has 0 bridgehead atoms. The van der Waals surface area contributed by atoms with Crippen LogP contribution in [0.4, 0.5) is 0 Å². The molecule has 1 aliphatic heterocycles. The van der Waals surface area contributed by atoms with E-state index in [1.54, 1.807) is 12.1 Å². The molecule has 1 saturated heterocycles. The lowest BCUT2D eigenvalue weighted by Crippen LogP contribution is -2.45. The van der Waals surface area contributed by atoms with Gasteiger partial charge >= 0.3 is 0 Å². The molecule has 0 aromatic heterocycles. The molecular weight excluding hydrogens is 240 g/mol. The standard InChI is InChI=1S/C16H16O3/c1-2-16-8-7-11-12(15(16)19-16)14(18)10-6-4-3-5-9(10)13(11)17/h3-6,11-12,15H,2,7-8H2,1H3. The van der Waals surface area contributed by atoms with E-state index in [2.05, 4.69) is 6.92 Å². The van der Waals surface area contributed by atoms with Crippen molar-refractivity contribution in [3.8, 4) is 0 Å². The van der Waals surface area contributed by atoms with E-state index < -0.39 is 0 Å². The zero-order chi connectivity index (χ0) is 13.2. The lowest BCUT2D eigenvalue weighted by molar-refractivity contribution is 0.0675. The molecule has 3 aliphatic rings. The van der Waals surface area contributed by atoms with Crippen LogP contribution in [0.2, 0.25) is 0 Å². The van der Waals surface area contributed by atoms with Gasteiger partial charge in [-0.2, -0.15) is 0 Å². The summed E-state index contributed by atoms with van der Waals surface area (Å²) in [7, 11) is 0. The van der Waals surface area contributed by atoms with Crippen LogP contribution in [0.25, 0.3) is 0 Å². The van der Waals surface area contributed by atoms with E-state index in [0.717, 1.165) is 19.3 Å². The smallest absolute Gasteiger partial charge is 0.170 e. The molecule has 98 valence electrons. The number of carbonyl (C=O) groups is 2. The van der Waals surface area contributed by atoms with Gasteiger partial charge in [-0.3, -0.25) is 9.59 Å². The largest absolute Gasteiger partial charge is 0.365 e. The number of benzene rings is 1. The molecule has 0 radical (unpaired) electrons. The summed E-state index contributed by atoms with van der Waals surface area (Å²) in [4.78, 5) is 25.2. The number of hydrogen-bond acceptors (Lipinski definition) is 3. The lowest BCUT2D eigenvalue weighted by atomic mass is 9.64. The zero-order valence-corrected chi connectivity index (χ0v) is 10.9. The molecule has 0 N–H and O–H groups in total. The minimum Gasteiger partial charge on any atom is -0.365 e. The van der Waals surface area contributed by atoms with Gasteiger partial charge in [-0.25, -0.2) is 0 Å². The maximum Gasteiger partial charge on any atom is 0.170 e. The number of epoxide rings is 1. The molecule has 0 spiro atoms. The van der Waals surface area contributed by atoms with E-state index in [1.807, 2.05) is 12.1 Å². The Labute approximate surface area is 111 Å². The molecule has 1 heterocycles. The van der Waals surface area contributed by atoms with Crippen LogP contribution in [0.3, 0.4) is 0 Å². The topological polar surface area (TPSA) is 46.7 Å². The van der Waals surface area contributed by atoms with Gasteiger partial charge in [-0.1, -0.05) is 31.2 Å². The molecule has 1 saturated carbocycles.